The number of para-hydroxylation sites is 1. The molecule has 0 aliphatic carbocycles. The Morgan fingerprint density at radius 2 is 2.33 bits per heavy atom. The zero-order valence-electron chi connectivity index (χ0n) is 8.98. The van der Waals surface area contributed by atoms with E-state index in [0.717, 1.165) is 0 Å². The number of anilines is 1. The number of carbonyl (C=O) groups is 1. The summed E-state index contributed by atoms with van der Waals surface area (Å²) in [5.74, 6) is -0.918. The number of aromatic amines is 1. The van der Waals surface area contributed by atoms with Gasteiger partial charge in [0.05, 0.1) is 6.20 Å². The Bertz CT molecular complexity index is 705. The minimum absolute atomic E-state index is 0.132. The second kappa shape index (κ2) is 3.95. The third-order valence-corrected chi connectivity index (χ3v) is 2.45. The lowest BCUT2D eigenvalue weighted by Crippen LogP contribution is -2.12. The Labute approximate surface area is 99.8 Å². The summed E-state index contributed by atoms with van der Waals surface area (Å²) in [6, 6.07) is 4.42. The number of nitrogens with zero attached hydrogens (tertiary/aromatic N) is 2. The van der Waals surface area contributed by atoms with Crippen LogP contribution in [0.1, 0.15) is 10.5 Å². The molecule has 7 heteroatoms. The van der Waals surface area contributed by atoms with Gasteiger partial charge in [-0.3, -0.25) is 9.89 Å². The van der Waals surface area contributed by atoms with Gasteiger partial charge >= 0.3 is 0 Å². The van der Waals surface area contributed by atoms with Crippen LogP contribution in [0.5, 0.6) is 0 Å². The highest BCUT2D eigenvalue weighted by Crippen LogP contribution is 2.19. The summed E-state index contributed by atoms with van der Waals surface area (Å²) in [4.78, 5) is 11.9. The lowest BCUT2D eigenvalue weighted by atomic mass is 10.2. The zero-order chi connectivity index (χ0) is 12.5. The Balaban J connectivity index is 1.99. The van der Waals surface area contributed by atoms with Crippen LogP contribution >= 0.6 is 0 Å². The van der Waals surface area contributed by atoms with Crippen molar-refractivity contribution in [3.8, 4) is 0 Å². The highest BCUT2D eigenvalue weighted by Gasteiger charge is 2.15. The molecule has 2 heterocycles. The van der Waals surface area contributed by atoms with Crippen LogP contribution in [0.25, 0.3) is 10.9 Å². The number of H-pyrrole nitrogens is 1. The first kappa shape index (κ1) is 10.5. The number of amides is 1. The summed E-state index contributed by atoms with van der Waals surface area (Å²) >= 11 is 0. The molecule has 1 amide bonds. The van der Waals surface area contributed by atoms with Gasteiger partial charge in [0.15, 0.2) is 5.82 Å². The smallest absolute Gasteiger partial charge is 0.274 e. The van der Waals surface area contributed by atoms with Gasteiger partial charge in [-0.15, -0.1) is 0 Å². The standard InChI is InChI=1S/C11H7FN4O2/c12-8-3-1-2-7-9(8)15-16-10(7)11(17)14-6-4-13-18-5-6/h1-5H,(H,14,17)(H,15,16). The molecule has 0 fully saturated rings. The summed E-state index contributed by atoms with van der Waals surface area (Å²) in [6.45, 7) is 0. The third-order valence-electron chi connectivity index (χ3n) is 2.45. The van der Waals surface area contributed by atoms with Crippen molar-refractivity contribution in [2.75, 3.05) is 5.32 Å². The number of rotatable bonds is 2. The predicted octanol–water partition coefficient (Wildman–Crippen LogP) is 1.94. The summed E-state index contributed by atoms with van der Waals surface area (Å²) in [5.41, 5.74) is 0.734. The molecule has 0 atom stereocenters. The lowest BCUT2D eigenvalue weighted by molar-refractivity contribution is 0.102. The topological polar surface area (TPSA) is 83.8 Å². The molecule has 6 nitrogen and oxygen atoms in total. The maximum Gasteiger partial charge on any atom is 0.274 e. The number of aromatic nitrogens is 3. The molecule has 0 radical (unpaired) electrons. The Morgan fingerprint density at radius 3 is 3.11 bits per heavy atom. The van der Waals surface area contributed by atoms with Crippen molar-refractivity contribution >= 4 is 22.5 Å². The molecular formula is C11H7FN4O2. The van der Waals surface area contributed by atoms with Crippen LogP contribution < -0.4 is 5.32 Å². The molecule has 3 rings (SSSR count). The normalized spacial score (nSPS) is 10.7. The fourth-order valence-electron chi connectivity index (χ4n) is 1.64. The fourth-order valence-corrected chi connectivity index (χ4v) is 1.64. The molecule has 90 valence electrons. The average Bonchev–Trinajstić information content (AvgIpc) is 2.98. The van der Waals surface area contributed by atoms with E-state index < -0.39 is 11.7 Å². The van der Waals surface area contributed by atoms with Crippen LogP contribution in [0.3, 0.4) is 0 Å². The van der Waals surface area contributed by atoms with E-state index in [1.165, 1.54) is 24.6 Å². The van der Waals surface area contributed by atoms with Gasteiger partial charge in [-0.2, -0.15) is 5.10 Å². The van der Waals surface area contributed by atoms with Crippen molar-refractivity contribution in [3.63, 3.8) is 0 Å². The predicted molar refractivity (Wildman–Crippen MR) is 60.5 cm³/mol. The van der Waals surface area contributed by atoms with E-state index in [4.69, 9.17) is 0 Å². The van der Waals surface area contributed by atoms with Crippen molar-refractivity contribution in [2.24, 2.45) is 0 Å². The summed E-state index contributed by atoms with van der Waals surface area (Å²) in [7, 11) is 0. The minimum Gasteiger partial charge on any atom is -0.363 e. The largest absolute Gasteiger partial charge is 0.363 e. The van der Waals surface area contributed by atoms with E-state index in [9.17, 15) is 9.18 Å². The van der Waals surface area contributed by atoms with Crippen molar-refractivity contribution < 1.29 is 13.7 Å². The molecule has 0 spiro atoms. The van der Waals surface area contributed by atoms with E-state index in [2.05, 4.69) is 25.2 Å². The van der Waals surface area contributed by atoms with Crippen LogP contribution in [0.2, 0.25) is 0 Å². The van der Waals surface area contributed by atoms with E-state index in [1.807, 2.05) is 0 Å². The Morgan fingerprint density at radius 1 is 1.44 bits per heavy atom. The maximum absolute atomic E-state index is 13.4. The first-order valence-electron chi connectivity index (χ1n) is 5.09. The quantitative estimate of drug-likeness (QED) is 0.723. The second-order valence-corrected chi connectivity index (χ2v) is 3.60. The molecule has 0 aliphatic rings. The van der Waals surface area contributed by atoms with E-state index in [0.29, 0.717) is 11.1 Å². The molecule has 0 aliphatic heterocycles. The summed E-state index contributed by atoms with van der Waals surface area (Å²) < 4.78 is 18.0. The van der Waals surface area contributed by atoms with Gasteiger partial charge in [-0.1, -0.05) is 17.3 Å². The second-order valence-electron chi connectivity index (χ2n) is 3.60. The van der Waals surface area contributed by atoms with Crippen molar-refractivity contribution in [2.45, 2.75) is 0 Å². The number of hydrogen-bond donors (Lipinski definition) is 2. The van der Waals surface area contributed by atoms with Gasteiger partial charge < -0.3 is 9.84 Å². The van der Waals surface area contributed by atoms with Gasteiger partial charge in [-0.25, -0.2) is 4.39 Å². The van der Waals surface area contributed by atoms with Gasteiger partial charge in [0.1, 0.15) is 23.2 Å². The maximum atomic E-state index is 13.4. The molecule has 0 saturated carbocycles. The van der Waals surface area contributed by atoms with Gasteiger partial charge in [0, 0.05) is 5.39 Å². The van der Waals surface area contributed by atoms with Crippen LogP contribution in [0, 0.1) is 5.82 Å². The number of benzene rings is 1. The first-order chi connectivity index (χ1) is 8.75. The highest BCUT2D eigenvalue weighted by molar-refractivity contribution is 6.11. The minimum atomic E-state index is -0.479. The van der Waals surface area contributed by atoms with Crippen LogP contribution in [-0.4, -0.2) is 21.3 Å². The molecular weight excluding hydrogens is 239 g/mol. The Hall–Kier alpha value is -2.70. The van der Waals surface area contributed by atoms with Crippen molar-refractivity contribution in [1.29, 1.82) is 0 Å². The average molecular weight is 246 g/mol. The van der Waals surface area contributed by atoms with E-state index >= 15 is 0 Å². The van der Waals surface area contributed by atoms with Gasteiger partial charge in [0.25, 0.3) is 5.91 Å². The molecule has 3 aromatic rings. The van der Waals surface area contributed by atoms with Crippen molar-refractivity contribution in [1.82, 2.24) is 15.4 Å². The molecule has 0 bridgehead atoms. The summed E-state index contributed by atoms with van der Waals surface area (Å²) in [6.07, 6.45) is 2.65. The van der Waals surface area contributed by atoms with Crippen LogP contribution in [0.4, 0.5) is 10.1 Å². The molecule has 1 aromatic carbocycles. The Kier molecular flexibility index (Phi) is 2.30. The van der Waals surface area contributed by atoms with Crippen molar-refractivity contribution in [3.05, 3.63) is 42.2 Å². The SMILES string of the molecule is O=C(Nc1cnoc1)c1[nH]nc2c(F)cccc12. The van der Waals surface area contributed by atoms with Gasteiger partial charge in [0.2, 0.25) is 0 Å². The third kappa shape index (κ3) is 1.61. The number of fused-ring (bicyclic) bond motifs is 1. The van der Waals surface area contributed by atoms with E-state index in [-0.39, 0.29) is 11.2 Å². The number of nitrogens with one attached hydrogen (secondary N) is 2. The lowest BCUT2D eigenvalue weighted by Gasteiger charge is -1.99. The zero-order valence-corrected chi connectivity index (χ0v) is 8.98. The molecule has 18 heavy (non-hydrogen) atoms. The van der Waals surface area contributed by atoms with Gasteiger partial charge in [-0.05, 0) is 6.07 Å². The van der Waals surface area contributed by atoms with Crippen LogP contribution in [-0.2, 0) is 0 Å². The highest BCUT2D eigenvalue weighted by atomic mass is 19.1. The monoisotopic (exact) mass is 246 g/mol. The summed E-state index contributed by atoms with van der Waals surface area (Å²) in [5, 5.41) is 12.7. The number of carbonyl (C=O) groups excluding carboxylic acids is 1. The first-order valence-corrected chi connectivity index (χ1v) is 5.09. The molecule has 0 saturated heterocycles. The molecule has 2 aromatic heterocycles. The van der Waals surface area contributed by atoms with Crippen LogP contribution in [0.15, 0.2) is 35.2 Å². The fraction of sp³-hybridized carbons (Fsp3) is 0. The molecule has 2 N–H and O–H groups in total. The van der Waals surface area contributed by atoms with E-state index in [1.54, 1.807) is 6.07 Å². The number of halogens is 1. The molecule has 0 unspecified atom stereocenters. The number of hydrogen-bond acceptors (Lipinski definition) is 4.